The van der Waals surface area contributed by atoms with E-state index in [9.17, 15) is 5.53 Å². The third kappa shape index (κ3) is 55.1. The second-order valence-corrected chi connectivity index (χ2v) is 37.0. The second kappa shape index (κ2) is 76.5. The summed E-state index contributed by atoms with van der Waals surface area (Å²) in [5.74, 6) is 0. The van der Waals surface area contributed by atoms with Gasteiger partial charge in [0.25, 0.3) is 0 Å². The standard InChI is InChI=1S/C66H110N2.2C19H39.Pd/c1-9-13-17-20-23-24-25-26-27-28-29-30-31-32-33-34-35-36-37-38-39-40-43-46-50-64-63(47-16-12-4)65(59-51-55(5)61(56(6)52-59)48-44-41-21-18-14-10-2)68(67)66(64)60-53-57(7)62(58(8)54-60)49-45-42-22-19-15-11-3;2*1-3-5-7-9-11-13-15-17-19-18-16-14-12-10-8-6-4-2;/h46,50-54H,9-45,47-49H2,1-8H3;2*1,3-19H2,2H3;. The quantitative estimate of drug-likeness (QED) is 0.0358. The van der Waals surface area contributed by atoms with E-state index >= 15 is 0 Å². The zero-order valence-corrected chi connectivity index (χ0v) is 76.0. The van der Waals surface area contributed by atoms with Gasteiger partial charge in [-0.05, 0) is 137 Å². The van der Waals surface area contributed by atoms with E-state index in [0.717, 1.165) is 79.0 Å². The molecule has 624 valence electrons. The minimum absolute atomic E-state index is 0.969. The molecule has 1 aliphatic heterocycles. The van der Waals surface area contributed by atoms with Crippen LogP contribution in [0, 0.1) is 27.7 Å². The predicted octanol–water partition coefficient (Wildman–Crippen LogP) is 37.8. The fourth-order valence-electron chi connectivity index (χ4n) is 17.1. The number of benzene rings is 2. The molecule has 0 saturated carbocycles. The zero-order valence-electron chi connectivity index (χ0n) is 74.4. The summed E-state index contributed by atoms with van der Waals surface area (Å²) in [4.78, 5) is 3.09. The van der Waals surface area contributed by atoms with Gasteiger partial charge in [-0.1, -0.05) is 336 Å². The van der Waals surface area contributed by atoms with Gasteiger partial charge in [0.05, 0.1) is 5.57 Å². The van der Waals surface area contributed by atoms with Gasteiger partial charge in [0.1, 0.15) is 0 Å². The fourth-order valence-corrected chi connectivity index (χ4v) is 19.1. The Morgan fingerprint density at radius 3 is 0.720 bits per heavy atom. The number of aryl methyl sites for hydroxylation is 4. The molecule has 0 spiro atoms. The summed E-state index contributed by atoms with van der Waals surface area (Å²) in [7, 11) is 0. The minimum atomic E-state index is 0.969. The number of unbranched alkanes of at least 4 members (excludes halogenated alkanes) is 65. The average Bonchev–Trinajstić information content (AvgIpc) is 1.60. The van der Waals surface area contributed by atoms with Crippen molar-refractivity contribution in [1.29, 1.82) is 0 Å². The van der Waals surface area contributed by atoms with E-state index in [1.807, 2.05) is 0 Å². The van der Waals surface area contributed by atoms with Crippen LogP contribution in [0.25, 0.3) is 16.9 Å². The number of hydrogen-bond donors (Lipinski definition) is 0. The van der Waals surface area contributed by atoms with Crippen molar-refractivity contribution in [3.8, 4) is 0 Å². The van der Waals surface area contributed by atoms with Gasteiger partial charge in [-0.15, -0.1) is 0 Å². The summed E-state index contributed by atoms with van der Waals surface area (Å²) in [5, 5.41) is 0. The smallest absolute Gasteiger partial charge is 0.0654 e. The molecular formula is C104H188N2Pd. The van der Waals surface area contributed by atoms with Crippen LogP contribution in [0.15, 0.2) is 47.6 Å². The maximum atomic E-state index is 12.6. The van der Waals surface area contributed by atoms with E-state index in [1.54, 1.807) is 14.5 Å². The Balaban J connectivity index is 0.000000847. The molecule has 0 amide bonds. The summed E-state index contributed by atoms with van der Waals surface area (Å²) >= 11 is 1.06. The first-order valence-corrected chi connectivity index (χ1v) is 51.2. The van der Waals surface area contributed by atoms with Crippen LogP contribution in [0.4, 0.5) is 0 Å². The molecule has 3 rings (SSSR count). The van der Waals surface area contributed by atoms with E-state index in [1.165, 1.54) is 481 Å². The minimum Gasteiger partial charge on any atom is -0.0654 e. The van der Waals surface area contributed by atoms with Crippen LogP contribution in [-0.4, -0.2) is 4.70 Å². The number of allylic oxidation sites excluding steroid dienone is 4. The van der Waals surface area contributed by atoms with Crippen LogP contribution in [0.3, 0.4) is 0 Å². The van der Waals surface area contributed by atoms with Crippen molar-refractivity contribution in [2.24, 2.45) is 0 Å². The molecular weight excluding hydrogens is 1380 g/mol. The van der Waals surface area contributed by atoms with Crippen LogP contribution in [0.1, 0.15) is 548 Å². The van der Waals surface area contributed by atoms with Crippen LogP contribution < -0.4 is 0 Å². The molecule has 0 unspecified atom stereocenters. The first-order valence-electron chi connectivity index (χ1n) is 49.0. The molecule has 107 heavy (non-hydrogen) atoms. The molecule has 0 atom stereocenters. The first kappa shape index (κ1) is 101. The van der Waals surface area contributed by atoms with E-state index < -0.39 is 0 Å². The van der Waals surface area contributed by atoms with Crippen LogP contribution >= 0.6 is 0 Å². The Hall–Kier alpha value is -2.08. The molecule has 3 heteroatoms. The van der Waals surface area contributed by atoms with Crippen molar-refractivity contribution in [3.05, 3.63) is 97.6 Å². The molecule has 0 aromatic heterocycles. The maximum absolute atomic E-state index is 12.6. The van der Waals surface area contributed by atoms with Crippen molar-refractivity contribution in [2.45, 2.75) is 554 Å². The van der Waals surface area contributed by atoms with Gasteiger partial charge in [-0.2, -0.15) is 0 Å². The molecule has 0 radical (unpaired) electrons. The Kier molecular flexibility index (Phi) is 72.3. The average molecular weight is 1570 g/mol. The predicted molar refractivity (Wildman–Crippen MR) is 482 cm³/mol. The molecule has 0 N–H and O–H groups in total. The summed E-state index contributed by atoms with van der Waals surface area (Å²) in [5.41, 5.74) is 27.8. The van der Waals surface area contributed by atoms with E-state index in [2.05, 4.69) is 106 Å². The Morgan fingerprint density at radius 2 is 0.467 bits per heavy atom. The van der Waals surface area contributed by atoms with Crippen molar-refractivity contribution in [3.63, 3.8) is 0 Å². The Morgan fingerprint density at radius 1 is 0.252 bits per heavy atom. The van der Waals surface area contributed by atoms with E-state index in [-0.39, 0.29) is 0 Å². The molecule has 1 heterocycles. The zero-order chi connectivity index (χ0) is 77.2. The molecule has 0 aliphatic carbocycles. The van der Waals surface area contributed by atoms with Gasteiger partial charge in [0.2, 0.25) is 11.4 Å². The fraction of sp³-hybridized carbons (Fsp3) is 0.827. The Bertz CT molecular complexity index is 2320. The van der Waals surface area contributed by atoms with Crippen molar-refractivity contribution >= 4 is 11.4 Å². The Labute approximate surface area is 681 Å². The summed E-state index contributed by atoms with van der Waals surface area (Å²) in [6, 6.07) is 9.53. The van der Waals surface area contributed by atoms with Crippen molar-refractivity contribution < 1.29 is 22.7 Å². The van der Waals surface area contributed by atoms with E-state index in [4.69, 9.17) is 0 Å². The monoisotopic (exact) mass is 1570 g/mol. The van der Waals surface area contributed by atoms with Gasteiger partial charge in [0, 0.05) is 16.7 Å². The molecule has 2 aromatic rings. The SMILES string of the molecule is CCCCCCCCCCCCCCCCCCCCCCCCC=CC1=C(c2cc(C)c(CCCCCCCC)c(C)c2)[N+](=[N-])C(c2cc(C)c(CCCCCCCC)c(C)c2)=C1CCCC.CCCCCCCCCCCCCCCCCC[CH2][Pd][CH2]CCCCCCCCCCCCCCCCCC. The summed E-state index contributed by atoms with van der Waals surface area (Å²) < 4.78 is 1.60. The third-order valence-electron chi connectivity index (χ3n) is 24.2. The van der Waals surface area contributed by atoms with Gasteiger partial charge < -0.3 is 5.53 Å². The molecule has 1 aliphatic rings. The summed E-state index contributed by atoms with van der Waals surface area (Å²) in [6.07, 6.45) is 109. The molecule has 2 nitrogen and oxygen atoms in total. The van der Waals surface area contributed by atoms with Crippen molar-refractivity contribution in [2.75, 3.05) is 0 Å². The topological polar surface area (TPSA) is 25.3 Å². The summed E-state index contributed by atoms with van der Waals surface area (Å²) in [6.45, 7) is 23.0. The van der Waals surface area contributed by atoms with Crippen molar-refractivity contribution in [1.82, 2.24) is 0 Å². The van der Waals surface area contributed by atoms with Crippen LogP contribution in [0.5, 0.6) is 0 Å². The van der Waals surface area contributed by atoms with Crippen LogP contribution in [0.2, 0.25) is 9.79 Å². The first-order chi connectivity index (χ1) is 52.7. The van der Waals surface area contributed by atoms with Gasteiger partial charge >= 0.3 is 169 Å². The normalized spacial score (nSPS) is 12.6. The van der Waals surface area contributed by atoms with Crippen LogP contribution in [-0.2, 0) is 30.8 Å². The number of rotatable bonds is 79. The van der Waals surface area contributed by atoms with Gasteiger partial charge in [-0.3, -0.25) is 0 Å². The van der Waals surface area contributed by atoms with Gasteiger partial charge in [-0.25, -0.2) is 4.70 Å². The molecule has 2 aromatic carbocycles. The van der Waals surface area contributed by atoms with E-state index in [0.29, 0.717) is 0 Å². The number of hydrogen-bond acceptors (Lipinski definition) is 0. The third-order valence-corrected chi connectivity index (χ3v) is 26.4. The molecule has 0 saturated heterocycles. The second-order valence-electron chi connectivity index (χ2n) is 34.6. The molecule has 0 fully saturated rings. The van der Waals surface area contributed by atoms with Gasteiger partial charge in [0.15, 0.2) is 0 Å². The molecule has 0 bridgehead atoms. The number of nitrogens with zero attached hydrogens (tertiary/aromatic N) is 2.